The number of aromatic nitrogens is 1. The summed E-state index contributed by atoms with van der Waals surface area (Å²) in [6, 6.07) is 18.6. The summed E-state index contributed by atoms with van der Waals surface area (Å²) < 4.78 is 16.5. The van der Waals surface area contributed by atoms with Gasteiger partial charge < -0.3 is 18.9 Å². The van der Waals surface area contributed by atoms with E-state index >= 15 is 0 Å². The monoisotopic (exact) mass is 434 g/mol. The Bertz CT molecular complexity index is 1020. The molecular formula is C25H30N4O3. The Morgan fingerprint density at radius 1 is 0.938 bits per heavy atom. The number of hydrogen-bond donors (Lipinski definition) is 0. The largest absolute Gasteiger partial charge is 0.454 e. The van der Waals surface area contributed by atoms with E-state index < -0.39 is 0 Å². The highest BCUT2D eigenvalue weighted by Gasteiger charge is 2.19. The van der Waals surface area contributed by atoms with Crippen LogP contribution < -0.4 is 14.4 Å². The van der Waals surface area contributed by atoms with Gasteiger partial charge in [0.1, 0.15) is 5.69 Å². The Balaban J connectivity index is 1.12. The number of fused-ring (bicyclic) bond motifs is 1. The first-order chi connectivity index (χ1) is 15.8. The number of nitrogens with zero attached hydrogens (tertiary/aromatic N) is 4. The van der Waals surface area contributed by atoms with Gasteiger partial charge in [0.15, 0.2) is 17.3 Å². The van der Waals surface area contributed by atoms with Gasteiger partial charge >= 0.3 is 0 Å². The van der Waals surface area contributed by atoms with E-state index in [1.165, 1.54) is 5.69 Å². The zero-order chi connectivity index (χ0) is 21.8. The fourth-order valence-electron chi connectivity index (χ4n) is 4.30. The number of anilines is 1. The van der Waals surface area contributed by atoms with Crippen LogP contribution in [0.5, 0.6) is 11.5 Å². The Morgan fingerprint density at radius 3 is 2.56 bits per heavy atom. The van der Waals surface area contributed by atoms with Crippen molar-refractivity contribution >= 4 is 5.69 Å². The van der Waals surface area contributed by atoms with Crippen LogP contribution in [0.15, 0.2) is 59.1 Å². The lowest BCUT2D eigenvalue weighted by molar-refractivity contribution is 0.174. The van der Waals surface area contributed by atoms with Gasteiger partial charge in [-0.3, -0.25) is 9.80 Å². The van der Waals surface area contributed by atoms with E-state index in [4.69, 9.17) is 14.0 Å². The lowest BCUT2D eigenvalue weighted by Crippen LogP contribution is -2.48. The molecule has 32 heavy (non-hydrogen) atoms. The molecule has 2 aromatic carbocycles. The molecular weight excluding hydrogens is 404 g/mol. The summed E-state index contributed by atoms with van der Waals surface area (Å²) in [7, 11) is 0. The number of ether oxygens (including phenoxy) is 2. The summed E-state index contributed by atoms with van der Waals surface area (Å²) in [4.78, 5) is 7.44. The van der Waals surface area contributed by atoms with Gasteiger partial charge in [0.2, 0.25) is 6.79 Å². The quantitative estimate of drug-likeness (QED) is 0.536. The minimum Gasteiger partial charge on any atom is -0.454 e. The highest BCUT2D eigenvalue weighted by molar-refractivity contribution is 5.64. The topological polar surface area (TPSA) is 54.2 Å². The van der Waals surface area contributed by atoms with Crippen LogP contribution >= 0.6 is 0 Å². The average molecular weight is 435 g/mol. The predicted octanol–water partition coefficient (Wildman–Crippen LogP) is 3.71. The van der Waals surface area contributed by atoms with Crippen molar-refractivity contribution in [1.82, 2.24) is 15.0 Å². The van der Waals surface area contributed by atoms with Gasteiger partial charge in [-0.2, -0.15) is 0 Å². The molecule has 1 aromatic heterocycles. The van der Waals surface area contributed by atoms with Crippen molar-refractivity contribution in [1.29, 1.82) is 0 Å². The molecule has 0 spiro atoms. The molecule has 2 aliphatic rings. The maximum absolute atomic E-state index is 5.64. The van der Waals surface area contributed by atoms with Gasteiger partial charge in [0, 0.05) is 56.6 Å². The maximum atomic E-state index is 5.64. The normalized spacial score (nSPS) is 16.1. The molecule has 168 valence electrons. The standard InChI is InChI=1S/C25H30N4O3/c1-2-27(10-11-28-12-14-29(15-13-28)21-6-4-3-5-7-21)18-22-17-23(26-32-22)20-8-9-24-25(16-20)31-19-30-24/h3-9,16-17H,2,10-15,18-19H2,1H3. The van der Waals surface area contributed by atoms with Crippen LogP contribution in [0.1, 0.15) is 12.7 Å². The lowest BCUT2D eigenvalue weighted by Gasteiger charge is -2.36. The third kappa shape index (κ3) is 4.74. The van der Waals surface area contributed by atoms with Crippen LogP contribution in [0, 0.1) is 0 Å². The van der Waals surface area contributed by atoms with Gasteiger partial charge in [-0.25, -0.2) is 0 Å². The van der Waals surface area contributed by atoms with Crippen molar-refractivity contribution in [3.8, 4) is 22.8 Å². The number of likely N-dealkylation sites (N-methyl/N-ethyl adjacent to an activating group) is 1. The molecule has 7 heteroatoms. The number of benzene rings is 2. The van der Waals surface area contributed by atoms with E-state index in [2.05, 4.69) is 57.1 Å². The van der Waals surface area contributed by atoms with E-state index in [0.29, 0.717) is 0 Å². The van der Waals surface area contributed by atoms with Gasteiger partial charge in [-0.05, 0) is 36.9 Å². The summed E-state index contributed by atoms with van der Waals surface area (Å²) in [5.74, 6) is 2.42. The number of rotatable bonds is 8. The van der Waals surface area contributed by atoms with Crippen LogP contribution in [-0.4, -0.2) is 67.6 Å². The minimum absolute atomic E-state index is 0.273. The summed E-state index contributed by atoms with van der Waals surface area (Å²) in [5, 5.41) is 4.27. The van der Waals surface area contributed by atoms with Gasteiger partial charge in [0.05, 0.1) is 6.54 Å². The molecule has 5 rings (SSSR count). The van der Waals surface area contributed by atoms with Crippen molar-refractivity contribution in [2.45, 2.75) is 13.5 Å². The van der Waals surface area contributed by atoms with Crippen LogP contribution in [0.2, 0.25) is 0 Å². The fraction of sp³-hybridized carbons (Fsp3) is 0.400. The third-order valence-corrected chi connectivity index (χ3v) is 6.28. The third-order valence-electron chi connectivity index (χ3n) is 6.28. The predicted molar refractivity (Wildman–Crippen MR) is 124 cm³/mol. The maximum Gasteiger partial charge on any atom is 0.231 e. The Morgan fingerprint density at radius 2 is 1.75 bits per heavy atom. The SMILES string of the molecule is CCN(CCN1CCN(c2ccccc2)CC1)Cc1cc(-c2ccc3c(c2)OCO3)no1. The number of para-hydroxylation sites is 1. The molecule has 0 N–H and O–H groups in total. The molecule has 0 atom stereocenters. The van der Waals surface area contributed by atoms with Gasteiger partial charge in [-0.15, -0.1) is 0 Å². The van der Waals surface area contributed by atoms with Crippen molar-refractivity contribution in [2.75, 3.05) is 57.5 Å². The first-order valence-corrected chi connectivity index (χ1v) is 11.4. The molecule has 1 saturated heterocycles. The van der Waals surface area contributed by atoms with E-state index in [0.717, 1.165) is 80.9 Å². The molecule has 0 unspecified atom stereocenters. The average Bonchev–Trinajstić information content (AvgIpc) is 3.51. The Labute approximate surface area is 189 Å². The lowest BCUT2D eigenvalue weighted by atomic mass is 10.1. The molecule has 3 heterocycles. The van der Waals surface area contributed by atoms with Crippen LogP contribution in [0.4, 0.5) is 5.69 Å². The van der Waals surface area contributed by atoms with Crippen molar-refractivity contribution in [2.24, 2.45) is 0 Å². The van der Waals surface area contributed by atoms with Crippen molar-refractivity contribution in [3.05, 3.63) is 60.4 Å². The molecule has 0 aliphatic carbocycles. The van der Waals surface area contributed by atoms with Gasteiger partial charge in [0.25, 0.3) is 0 Å². The summed E-state index contributed by atoms with van der Waals surface area (Å²) in [6.45, 7) is 10.7. The van der Waals surface area contributed by atoms with Crippen molar-refractivity contribution < 1.29 is 14.0 Å². The molecule has 0 amide bonds. The highest BCUT2D eigenvalue weighted by Crippen LogP contribution is 2.35. The van der Waals surface area contributed by atoms with E-state index in [9.17, 15) is 0 Å². The number of hydrogen-bond acceptors (Lipinski definition) is 7. The second-order valence-corrected chi connectivity index (χ2v) is 8.28. The van der Waals surface area contributed by atoms with Crippen LogP contribution in [0.25, 0.3) is 11.3 Å². The minimum atomic E-state index is 0.273. The zero-order valence-electron chi connectivity index (χ0n) is 18.6. The summed E-state index contributed by atoms with van der Waals surface area (Å²) in [5.41, 5.74) is 3.13. The highest BCUT2D eigenvalue weighted by atomic mass is 16.7. The molecule has 1 fully saturated rings. The second-order valence-electron chi connectivity index (χ2n) is 8.28. The molecule has 2 aliphatic heterocycles. The second kappa shape index (κ2) is 9.63. The van der Waals surface area contributed by atoms with E-state index in [1.54, 1.807) is 0 Å². The Hall–Kier alpha value is -3.03. The molecule has 0 saturated carbocycles. The zero-order valence-corrected chi connectivity index (χ0v) is 18.6. The fourth-order valence-corrected chi connectivity index (χ4v) is 4.30. The molecule has 0 bridgehead atoms. The molecule has 7 nitrogen and oxygen atoms in total. The van der Waals surface area contributed by atoms with Crippen LogP contribution in [-0.2, 0) is 6.54 Å². The van der Waals surface area contributed by atoms with E-state index in [-0.39, 0.29) is 6.79 Å². The first-order valence-electron chi connectivity index (χ1n) is 11.4. The van der Waals surface area contributed by atoms with Gasteiger partial charge in [-0.1, -0.05) is 30.3 Å². The Kier molecular flexibility index (Phi) is 6.27. The smallest absolute Gasteiger partial charge is 0.231 e. The molecule has 0 radical (unpaired) electrons. The summed E-state index contributed by atoms with van der Waals surface area (Å²) in [6.07, 6.45) is 0. The summed E-state index contributed by atoms with van der Waals surface area (Å²) >= 11 is 0. The number of piperazine rings is 1. The first kappa shape index (κ1) is 20.8. The van der Waals surface area contributed by atoms with Crippen LogP contribution in [0.3, 0.4) is 0 Å². The van der Waals surface area contributed by atoms with E-state index in [1.807, 2.05) is 24.3 Å². The molecule has 3 aromatic rings. The van der Waals surface area contributed by atoms with Crippen molar-refractivity contribution in [3.63, 3.8) is 0 Å².